The van der Waals surface area contributed by atoms with Gasteiger partial charge in [0.2, 0.25) is 11.8 Å². The Morgan fingerprint density at radius 3 is 2.67 bits per heavy atom. The fourth-order valence-electron chi connectivity index (χ4n) is 1.65. The second kappa shape index (κ2) is 4.60. The third-order valence-electron chi connectivity index (χ3n) is 2.70. The number of nitrogen functional groups attached to an aromatic ring is 1. The van der Waals surface area contributed by atoms with Gasteiger partial charge in [-0.1, -0.05) is 6.07 Å². The van der Waals surface area contributed by atoms with Gasteiger partial charge in [0, 0.05) is 0 Å². The second-order valence-corrected chi connectivity index (χ2v) is 4.19. The standard InChI is InChI=1S/C13H14FN3O/c1-7-4-8(2)9(3)11(5-7)18-12-10(14)6-16-13(15)17-12/h4-6H,1-3H3,(H2,15,16,17). The lowest BCUT2D eigenvalue weighted by Crippen LogP contribution is -2.00. The summed E-state index contributed by atoms with van der Waals surface area (Å²) >= 11 is 0. The van der Waals surface area contributed by atoms with Gasteiger partial charge in [0.1, 0.15) is 5.75 Å². The highest BCUT2D eigenvalue weighted by molar-refractivity contribution is 5.43. The quantitative estimate of drug-likeness (QED) is 0.886. The molecule has 0 spiro atoms. The van der Waals surface area contributed by atoms with Gasteiger partial charge >= 0.3 is 0 Å². The van der Waals surface area contributed by atoms with Gasteiger partial charge in [-0.05, 0) is 43.5 Å². The summed E-state index contributed by atoms with van der Waals surface area (Å²) < 4.78 is 19.0. The molecule has 0 unspecified atom stereocenters. The van der Waals surface area contributed by atoms with Crippen molar-refractivity contribution in [3.8, 4) is 11.6 Å². The van der Waals surface area contributed by atoms with Crippen molar-refractivity contribution in [3.63, 3.8) is 0 Å². The molecule has 0 saturated heterocycles. The summed E-state index contributed by atoms with van der Waals surface area (Å²) in [6.07, 6.45) is 0.996. The monoisotopic (exact) mass is 247 g/mol. The first kappa shape index (κ1) is 12.3. The fraction of sp³-hybridized carbons (Fsp3) is 0.231. The van der Waals surface area contributed by atoms with Crippen LogP contribution in [-0.4, -0.2) is 9.97 Å². The molecule has 0 amide bonds. The summed E-state index contributed by atoms with van der Waals surface area (Å²) in [5, 5.41) is 0. The summed E-state index contributed by atoms with van der Waals surface area (Å²) in [4.78, 5) is 7.29. The van der Waals surface area contributed by atoms with Crippen molar-refractivity contribution in [3.05, 3.63) is 40.8 Å². The van der Waals surface area contributed by atoms with Crippen molar-refractivity contribution < 1.29 is 9.13 Å². The topological polar surface area (TPSA) is 61.0 Å². The van der Waals surface area contributed by atoms with Gasteiger partial charge in [-0.3, -0.25) is 0 Å². The Bertz CT molecular complexity index is 599. The first-order valence-corrected chi connectivity index (χ1v) is 5.51. The lowest BCUT2D eigenvalue weighted by molar-refractivity contribution is 0.418. The van der Waals surface area contributed by atoms with E-state index >= 15 is 0 Å². The zero-order valence-electron chi connectivity index (χ0n) is 10.5. The summed E-state index contributed by atoms with van der Waals surface area (Å²) in [5.74, 6) is -0.240. The van der Waals surface area contributed by atoms with Crippen LogP contribution in [0.25, 0.3) is 0 Å². The number of benzene rings is 1. The highest BCUT2D eigenvalue weighted by Gasteiger charge is 2.11. The van der Waals surface area contributed by atoms with Crippen molar-refractivity contribution in [2.24, 2.45) is 0 Å². The molecule has 1 heterocycles. The maximum absolute atomic E-state index is 13.5. The number of rotatable bonds is 2. The molecule has 18 heavy (non-hydrogen) atoms. The van der Waals surface area contributed by atoms with Crippen molar-refractivity contribution >= 4 is 5.95 Å². The highest BCUT2D eigenvalue weighted by atomic mass is 19.1. The molecule has 1 aromatic heterocycles. The number of anilines is 1. The number of ether oxygens (including phenoxy) is 1. The van der Waals surface area contributed by atoms with Gasteiger partial charge in [0.05, 0.1) is 6.20 Å². The summed E-state index contributed by atoms with van der Waals surface area (Å²) in [7, 11) is 0. The molecule has 0 aliphatic heterocycles. The van der Waals surface area contributed by atoms with Crippen molar-refractivity contribution in [2.45, 2.75) is 20.8 Å². The third-order valence-corrected chi connectivity index (χ3v) is 2.70. The van der Waals surface area contributed by atoms with Crippen LogP contribution in [0.1, 0.15) is 16.7 Å². The van der Waals surface area contributed by atoms with Gasteiger partial charge < -0.3 is 10.5 Å². The van der Waals surface area contributed by atoms with Crippen LogP contribution in [0.5, 0.6) is 11.6 Å². The summed E-state index contributed by atoms with van der Waals surface area (Å²) in [6, 6.07) is 3.87. The molecule has 0 atom stereocenters. The predicted octanol–water partition coefficient (Wildman–Crippen LogP) is 2.92. The van der Waals surface area contributed by atoms with E-state index in [1.54, 1.807) is 0 Å². The Hall–Kier alpha value is -2.17. The van der Waals surface area contributed by atoms with Crippen LogP contribution in [-0.2, 0) is 0 Å². The maximum atomic E-state index is 13.5. The van der Waals surface area contributed by atoms with E-state index in [-0.39, 0.29) is 11.8 Å². The number of aromatic nitrogens is 2. The molecule has 4 nitrogen and oxygen atoms in total. The minimum atomic E-state index is -0.636. The van der Waals surface area contributed by atoms with Crippen LogP contribution < -0.4 is 10.5 Å². The molecule has 0 aliphatic carbocycles. The molecule has 2 aromatic rings. The minimum Gasteiger partial charge on any atom is -0.436 e. The molecule has 94 valence electrons. The SMILES string of the molecule is Cc1cc(C)c(C)c(Oc2nc(N)ncc2F)c1. The summed E-state index contributed by atoms with van der Waals surface area (Å²) in [6.45, 7) is 5.83. The fourth-order valence-corrected chi connectivity index (χ4v) is 1.65. The van der Waals surface area contributed by atoms with E-state index in [1.165, 1.54) is 0 Å². The molecular weight excluding hydrogens is 233 g/mol. The number of halogens is 1. The number of aryl methyl sites for hydroxylation is 2. The molecule has 0 saturated carbocycles. The van der Waals surface area contributed by atoms with E-state index in [9.17, 15) is 4.39 Å². The molecule has 1 aromatic carbocycles. The number of nitrogens with two attached hydrogens (primary N) is 1. The van der Waals surface area contributed by atoms with Crippen LogP contribution in [0.15, 0.2) is 18.3 Å². The first-order valence-electron chi connectivity index (χ1n) is 5.51. The molecule has 0 bridgehead atoms. The average molecular weight is 247 g/mol. The summed E-state index contributed by atoms with van der Waals surface area (Å²) in [5.41, 5.74) is 8.47. The van der Waals surface area contributed by atoms with E-state index < -0.39 is 5.82 Å². The van der Waals surface area contributed by atoms with E-state index in [2.05, 4.69) is 9.97 Å². The Kier molecular flexibility index (Phi) is 3.14. The zero-order chi connectivity index (χ0) is 13.3. The van der Waals surface area contributed by atoms with E-state index in [0.717, 1.165) is 22.9 Å². The predicted molar refractivity (Wildman–Crippen MR) is 67.1 cm³/mol. The van der Waals surface area contributed by atoms with Crippen molar-refractivity contribution in [2.75, 3.05) is 5.73 Å². The molecule has 0 fully saturated rings. The van der Waals surface area contributed by atoms with E-state index in [4.69, 9.17) is 10.5 Å². The smallest absolute Gasteiger partial charge is 0.260 e. The molecule has 2 rings (SSSR count). The number of hydrogen-bond donors (Lipinski definition) is 1. The van der Waals surface area contributed by atoms with Crippen LogP contribution in [0.3, 0.4) is 0 Å². The first-order chi connectivity index (χ1) is 8.47. The second-order valence-electron chi connectivity index (χ2n) is 4.19. The van der Waals surface area contributed by atoms with Crippen LogP contribution in [0.2, 0.25) is 0 Å². The van der Waals surface area contributed by atoms with Gasteiger partial charge in [-0.15, -0.1) is 0 Å². The lowest BCUT2D eigenvalue weighted by Gasteiger charge is -2.11. The van der Waals surface area contributed by atoms with Crippen LogP contribution >= 0.6 is 0 Å². The normalized spacial score (nSPS) is 10.4. The number of nitrogens with zero attached hydrogens (tertiary/aromatic N) is 2. The minimum absolute atomic E-state index is 0.0200. The Labute approximate surface area is 105 Å². The van der Waals surface area contributed by atoms with Crippen molar-refractivity contribution in [1.82, 2.24) is 9.97 Å². The Morgan fingerprint density at radius 2 is 1.94 bits per heavy atom. The third kappa shape index (κ3) is 2.40. The van der Waals surface area contributed by atoms with Crippen molar-refractivity contribution in [1.29, 1.82) is 0 Å². The Balaban J connectivity index is 2.43. The molecule has 2 N–H and O–H groups in total. The Morgan fingerprint density at radius 1 is 1.22 bits per heavy atom. The van der Waals surface area contributed by atoms with Gasteiger partial charge in [-0.2, -0.15) is 9.37 Å². The zero-order valence-corrected chi connectivity index (χ0v) is 10.5. The lowest BCUT2D eigenvalue weighted by atomic mass is 10.1. The van der Waals surface area contributed by atoms with Gasteiger partial charge in [0.15, 0.2) is 0 Å². The van der Waals surface area contributed by atoms with Gasteiger partial charge in [-0.25, -0.2) is 4.98 Å². The molecule has 0 aliphatic rings. The molecular formula is C13H14FN3O. The average Bonchev–Trinajstić information content (AvgIpc) is 2.30. The van der Waals surface area contributed by atoms with E-state index in [0.29, 0.717) is 5.75 Å². The van der Waals surface area contributed by atoms with Crippen LogP contribution in [0.4, 0.5) is 10.3 Å². The highest BCUT2D eigenvalue weighted by Crippen LogP contribution is 2.28. The maximum Gasteiger partial charge on any atom is 0.260 e. The van der Waals surface area contributed by atoms with Crippen LogP contribution in [0, 0.1) is 26.6 Å². The molecule has 5 heteroatoms. The number of hydrogen-bond acceptors (Lipinski definition) is 4. The van der Waals surface area contributed by atoms with E-state index in [1.807, 2.05) is 32.9 Å². The molecule has 0 radical (unpaired) electrons. The largest absolute Gasteiger partial charge is 0.436 e. The van der Waals surface area contributed by atoms with Gasteiger partial charge in [0.25, 0.3) is 5.88 Å².